The number of hydrogen-bond donors (Lipinski definition) is 1. The number of carbonyl (C=O) groups is 3. The van der Waals surface area contributed by atoms with E-state index in [1.165, 1.54) is 45.6 Å². The summed E-state index contributed by atoms with van der Waals surface area (Å²) in [5.41, 5.74) is 0.569. The SMILES string of the molecule is CCC(C)=CCCC(C)CCCC(C)CCC(COC(C)=O)(COC(C)=O)NC(C)=O. The number of ether oxygens (including phenoxy) is 2. The monoisotopic (exact) mass is 439 g/mol. The van der Waals surface area contributed by atoms with Crippen LogP contribution < -0.4 is 5.32 Å². The first kappa shape index (κ1) is 29.1. The highest BCUT2D eigenvalue weighted by Gasteiger charge is 2.34. The zero-order valence-electron chi connectivity index (χ0n) is 20.8. The van der Waals surface area contributed by atoms with Crippen LogP contribution in [0.4, 0.5) is 0 Å². The van der Waals surface area contributed by atoms with Gasteiger partial charge >= 0.3 is 11.9 Å². The van der Waals surface area contributed by atoms with Gasteiger partial charge in [0.2, 0.25) is 5.91 Å². The number of nitrogens with one attached hydrogen (secondary N) is 1. The fourth-order valence-electron chi connectivity index (χ4n) is 3.56. The number of carbonyl (C=O) groups excluding carboxylic acids is 3. The van der Waals surface area contributed by atoms with Gasteiger partial charge in [-0.05, 0) is 50.9 Å². The van der Waals surface area contributed by atoms with Gasteiger partial charge in [-0.3, -0.25) is 14.4 Å². The minimum Gasteiger partial charge on any atom is -0.463 e. The number of allylic oxidation sites excluding steroid dienone is 2. The number of hydrogen-bond acceptors (Lipinski definition) is 5. The third kappa shape index (κ3) is 15.6. The molecular formula is C25H45NO5. The summed E-state index contributed by atoms with van der Waals surface area (Å²) in [5.74, 6) is 0.0667. The highest BCUT2D eigenvalue weighted by atomic mass is 16.5. The van der Waals surface area contributed by atoms with E-state index in [1.54, 1.807) is 0 Å². The van der Waals surface area contributed by atoms with Crippen LogP contribution in [-0.2, 0) is 23.9 Å². The quantitative estimate of drug-likeness (QED) is 0.259. The molecule has 1 amide bonds. The molecule has 0 radical (unpaired) electrons. The second-order valence-electron chi connectivity index (χ2n) is 9.18. The molecule has 6 nitrogen and oxygen atoms in total. The van der Waals surface area contributed by atoms with E-state index in [9.17, 15) is 14.4 Å². The van der Waals surface area contributed by atoms with Crippen LogP contribution >= 0.6 is 0 Å². The Morgan fingerprint density at radius 3 is 1.84 bits per heavy atom. The van der Waals surface area contributed by atoms with Crippen molar-refractivity contribution in [2.75, 3.05) is 13.2 Å². The van der Waals surface area contributed by atoms with Crippen molar-refractivity contribution in [3.05, 3.63) is 11.6 Å². The Hall–Kier alpha value is -1.85. The molecule has 0 bridgehead atoms. The third-order valence-electron chi connectivity index (χ3n) is 5.76. The molecule has 180 valence electrons. The van der Waals surface area contributed by atoms with E-state index in [0.29, 0.717) is 18.3 Å². The van der Waals surface area contributed by atoms with Crippen LogP contribution in [0.3, 0.4) is 0 Å². The van der Waals surface area contributed by atoms with Gasteiger partial charge in [0.1, 0.15) is 18.8 Å². The molecule has 0 saturated carbocycles. The Balaban J connectivity index is 4.67. The second-order valence-corrected chi connectivity index (χ2v) is 9.18. The Morgan fingerprint density at radius 1 is 0.871 bits per heavy atom. The first-order valence-corrected chi connectivity index (χ1v) is 11.7. The van der Waals surface area contributed by atoms with Crippen LogP contribution in [0.1, 0.15) is 99.8 Å². The summed E-state index contributed by atoms with van der Waals surface area (Å²) in [6.07, 6.45) is 10.8. The molecule has 0 heterocycles. The van der Waals surface area contributed by atoms with E-state index in [-0.39, 0.29) is 19.1 Å². The normalized spacial score (nSPS) is 14.0. The molecule has 2 unspecified atom stereocenters. The van der Waals surface area contributed by atoms with E-state index < -0.39 is 17.5 Å². The van der Waals surface area contributed by atoms with Gasteiger partial charge in [-0.25, -0.2) is 0 Å². The average molecular weight is 440 g/mol. The van der Waals surface area contributed by atoms with Gasteiger partial charge in [-0.2, -0.15) is 0 Å². The minimum atomic E-state index is -0.895. The average Bonchev–Trinajstić information content (AvgIpc) is 2.68. The lowest BCUT2D eigenvalue weighted by atomic mass is 9.87. The lowest BCUT2D eigenvalue weighted by molar-refractivity contribution is -0.150. The van der Waals surface area contributed by atoms with Gasteiger partial charge in [0.05, 0.1) is 0 Å². The maximum atomic E-state index is 11.8. The molecule has 1 N–H and O–H groups in total. The van der Waals surface area contributed by atoms with Gasteiger partial charge in [-0.1, -0.05) is 51.7 Å². The van der Waals surface area contributed by atoms with Crippen molar-refractivity contribution in [1.82, 2.24) is 5.32 Å². The molecule has 0 aromatic heterocycles. The number of amides is 1. The molecular weight excluding hydrogens is 394 g/mol. The summed E-state index contributed by atoms with van der Waals surface area (Å²) in [5, 5.41) is 2.87. The summed E-state index contributed by atoms with van der Waals surface area (Å²) in [7, 11) is 0. The summed E-state index contributed by atoms with van der Waals surface area (Å²) in [6, 6.07) is 0. The fourth-order valence-corrected chi connectivity index (χ4v) is 3.56. The largest absolute Gasteiger partial charge is 0.463 e. The lowest BCUT2D eigenvalue weighted by Crippen LogP contribution is -2.55. The van der Waals surface area contributed by atoms with Crippen molar-refractivity contribution in [3.8, 4) is 0 Å². The van der Waals surface area contributed by atoms with Crippen molar-refractivity contribution in [1.29, 1.82) is 0 Å². The zero-order valence-corrected chi connectivity index (χ0v) is 20.8. The lowest BCUT2D eigenvalue weighted by Gasteiger charge is -2.34. The second kappa shape index (κ2) is 15.9. The maximum Gasteiger partial charge on any atom is 0.302 e. The molecule has 0 aliphatic heterocycles. The van der Waals surface area contributed by atoms with Crippen molar-refractivity contribution >= 4 is 17.8 Å². The summed E-state index contributed by atoms with van der Waals surface area (Å²) in [6.45, 7) is 13.0. The Morgan fingerprint density at radius 2 is 1.39 bits per heavy atom. The van der Waals surface area contributed by atoms with Gasteiger partial charge in [0.25, 0.3) is 0 Å². The highest BCUT2D eigenvalue weighted by molar-refractivity contribution is 5.74. The Kier molecular flexibility index (Phi) is 14.9. The number of rotatable bonds is 16. The van der Waals surface area contributed by atoms with Gasteiger partial charge in [-0.15, -0.1) is 0 Å². The Labute approximate surface area is 189 Å². The standard InChI is InChI=1S/C25H45NO5/c1-8-19(2)11-9-12-20(3)13-10-14-21(4)15-16-25(26-22(5)27,17-30-23(6)28)18-31-24(7)29/h11,20-21H,8-10,12-18H2,1-7H3,(H,26,27). The van der Waals surface area contributed by atoms with Crippen LogP contribution in [0.2, 0.25) is 0 Å². The van der Waals surface area contributed by atoms with Crippen molar-refractivity contribution in [3.63, 3.8) is 0 Å². The van der Waals surface area contributed by atoms with Crippen LogP contribution in [0, 0.1) is 11.8 Å². The molecule has 0 rings (SSSR count). The first-order chi connectivity index (χ1) is 14.5. The molecule has 6 heteroatoms. The molecule has 31 heavy (non-hydrogen) atoms. The maximum absolute atomic E-state index is 11.8. The molecule has 0 spiro atoms. The van der Waals surface area contributed by atoms with Crippen LogP contribution in [0.5, 0.6) is 0 Å². The summed E-state index contributed by atoms with van der Waals surface area (Å²) < 4.78 is 10.4. The summed E-state index contributed by atoms with van der Waals surface area (Å²) >= 11 is 0. The van der Waals surface area contributed by atoms with Crippen molar-refractivity contribution < 1.29 is 23.9 Å². The molecule has 0 saturated heterocycles. The molecule has 0 aliphatic rings. The molecule has 0 fully saturated rings. The topological polar surface area (TPSA) is 81.7 Å². The van der Waals surface area contributed by atoms with Crippen LogP contribution in [0.25, 0.3) is 0 Å². The summed E-state index contributed by atoms with van der Waals surface area (Å²) in [4.78, 5) is 34.5. The van der Waals surface area contributed by atoms with Gasteiger partial charge < -0.3 is 14.8 Å². The van der Waals surface area contributed by atoms with E-state index in [1.807, 2.05) is 0 Å². The van der Waals surface area contributed by atoms with E-state index >= 15 is 0 Å². The van der Waals surface area contributed by atoms with Crippen LogP contribution in [0.15, 0.2) is 11.6 Å². The van der Waals surface area contributed by atoms with E-state index in [2.05, 4.69) is 39.1 Å². The predicted octanol–water partition coefficient (Wildman–Crippen LogP) is 5.35. The number of esters is 2. The fraction of sp³-hybridized carbons (Fsp3) is 0.800. The minimum absolute atomic E-state index is 0.0103. The van der Waals surface area contributed by atoms with E-state index in [0.717, 1.165) is 25.7 Å². The molecule has 0 aliphatic carbocycles. The third-order valence-corrected chi connectivity index (χ3v) is 5.76. The Bertz CT molecular complexity index is 566. The van der Waals surface area contributed by atoms with Gasteiger partial charge in [0, 0.05) is 20.8 Å². The molecule has 0 aromatic rings. The predicted molar refractivity (Wildman–Crippen MR) is 125 cm³/mol. The molecule has 0 aromatic carbocycles. The van der Waals surface area contributed by atoms with Crippen molar-refractivity contribution in [2.45, 2.75) is 105 Å². The molecule has 2 atom stereocenters. The smallest absolute Gasteiger partial charge is 0.302 e. The van der Waals surface area contributed by atoms with Crippen molar-refractivity contribution in [2.24, 2.45) is 11.8 Å². The van der Waals surface area contributed by atoms with E-state index in [4.69, 9.17) is 9.47 Å². The van der Waals surface area contributed by atoms with Crippen LogP contribution in [-0.4, -0.2) is 36.6 Å². The zero-order chi connectivity index (χ0) is 23.9. The highest BCUT2D eigenvalue weighted by Crippen LogP contribution is 2.24. The van der Waals surface area contributed by atoms with Gasteiger partial charge in [0.15, 0.2) is 0 Å². The first-order valence-electron chi connectivity index (χ1n) is 11.7.